The smallest absolute Gasteiger partial charge is 0.244 e. The van der Waals surface area contributed by atoms with Crippen LogP contribution in [-0.4, -0.2) is 41.0 Å². The number of aryl methyl sites for hydroxylation is 2. The maximum atomic E-state index is 12.9. The first-order chi connectivity index (χ1) is 14.6. The summed E-state index contributed by atoms with van der Waals surface area (Å²) in [5.41, 5.74) is 3.86. The van der Waals surface area contributed by atoms with Gasteiger partial charge in [0.1, 0.15) is 0 Å². The van der Waals surface area contributed by atoms with Crippen molar-refractivity contribution in [2.45, 2.75) is 45.2 Å². The molecule has 6 heterocycles. The number of nitrogens with zero attached hydrogens (tertiary/aromatic N) is 2. The summed E-state index contributed by atoms with van der Waals surface area (Å²) in [6, 6.07) is 4.70. The maximum absolute atomic E-state index is 12.9. The van der Waals surface area contributed by atoms with Crippen LogP contribution in [0.1, 0.15) is 34.4 Å². The van der Waals surface area contributed by atoms with Gasteiger partial charge in [-0.25, -0.2) is 0 Å². The molecule has 6 heteroatoms. The van der Waals surface area contributed by atoms with Gasteiger partial charge in [-0.05, 0) is 86.3 Å². The lowest BCUT2D eigenvalue weighted by Gasteiger charge is -2.51. The summed E-state index contributed by atoms with van der Waals surface area (Å²) in [5.74, 6) is 0.600. The van der Waals surface area contributed by atoms with Crippen LogP contribution in [0.2, 0.25) is 0 Å². The number of carbonyl (C=O) groups excluding carboxylic acids is 1. The molecule has 30 heavy (non-hydrogen) atoms. The van der Waals surface area contributed by atoms with Crippen LogP contribution in [0.25, 0.3) is 15.5 Å². The number of rotatable bonds is 5. The van der Waals surface area contributed by atoms with Crippen molar-refractivity contribution in [3.8, 4) is 0 Å². The molecule has 1 amide bonds. The SMILES string of the molecule is Cc1csc2sc(/C=C/C(=O)NC3C4CCN(CC4)C3Cc3cccnc3)c(C)c12. The predicted molar refractivity (Wildman–Crippen MR) is 126 cm³/mol. The number of nitrogens with one attached hydrogen (secondary N) is 1. The molecule has 4 nitrogen and oxygen atoms in total. The monoisotopic (exact) mass is 437 g/mol. The molecule has 0 radical (unpaired) electrons. The molecule has 3 fully saturated rings. The molecule has 0 spiro atoms. The van der Waals surface area contributed by atoms with Gasteiger partial charge < -0.3 is 5.32 Å². The Bertz CT molecular complexity index is 1080. The van der Waals surface area contributed by atoms with E-state index in [1.54, 1.807) is 28.7 Å². The second-order valence-electron chi connectivity index (χ2n) is 8.55. The number of piperidine rings is 3. The molecule has 0 aromatic carbocycles. The summed E-state index contributed by atoms with van der Waals surface area (Å²) in [5, 5.41) is 6.94. The Hall–Kier alpha value is -2.02. The Kier molecular flexibility index (Phi) is 5.48. The van der Waals surface area contributed by atoms with Crippen molar-refractivity contribution in [3.63, 3.8) is 0 Å². The minimum atomic E-state index is 0.0258. The first-order valence-corrected chi connectivity index (χ1v) is 12.4. The number of pyridine rings is 1. The van der Waals surface area contributed by atoms with Gasteiger partial charge in [-0.1, -0.05) is 6.07 Å². The fraction of sp³-hybridized carbons (Fsp3) is 0.417. The van der Waals surface area contributed by atoms with E-state index in [-0.39, 0.29) is 11.9 Å². The maximum Gasteiger partial charge on any atom is 0.244 e. The molecule has 156 valence electrons. The molecular weight excluding hydrogens is 410 g/mol. The molecule has 2 unspecified atom stereocenters. The van der Waals surface area contributed by atoms with Crippen molar-refractivity contribution in [3.05, 3.63) is 57.6 Å². The topological polar surface area (TPSA) is 45.2 Å². The highest BCUT2D eigenvalue weighted by atomic mass is 32.2. The molecule has 6 rings (SSSR count). The minimum absolute atomic E-state index is 0.0258. The number of carbonyl (C=O) groups is 1. The number of thiophene rings is 2. The Morgan fingerprint density at radius 2 is 2.17 bits per heavy atom. The van der Waals surface area contributed by atoms with Crippen molar-refractivity contribution >= 4 is 44.1 Å². The van der Waals surface area contributed by atoms with E-state index in [1.807, 2.05) is 24.5 Å². The van der Waals surface area contributed by atoms with Crippen LogP contribution in [0.5, 0.6) is 0 Å². The zero-order chi connectivity index (χ0) is 20.7. The van der Waals surface area contributed by atoms with E-state index in [9.17, 15) is 4.79 Å². The lowest BCUT2D eigenvalue weighted by Crippen LogP contribution is -2.64. The third-order valence-electron chi connectivity index (χ3n) is 6.72. The van der Waals surface area contributed by atoms with Crippen molar-refractivity contribution in [2.24, 2.45) is 5.92 Å². The van der Waals surface area contributed by atoms with Gasteiger partial charge in [-0.3, -0.25) is 14.7 Å². The third kappa shape index (κ3) is 3.72. The van der Waals surface area contributed by atoms with Crippen LogP contribution in [0.4, 0.5) is 0 Å². The van der Waals surface area contributed by atoms with Gasteiger partial charge in [0.05, 0.1) is 4.01 Å². The minimum Gasteiger partial charge on any atom is -0.348 e. The van der Waals surface area contributed by atoms with E-state index in [2.05, 4.69) is 40.5 Å². The van der Waals surface area contributed by atoms with E-state index in [1.165, 1.54) is 43.8 Å². The van der Waals surface area contributed by atoms with Gasteiger partial charge in [0.15, 0.2) is 0 Å². The summed E-state index contributed by atoms with van der Waals surface area (Å²) in [6.45, 7) is 6.60. The summed E-state index contributed by atoms with van der Waals surface area (Å²) in [6.07, 6.45) is 10.8. The molecular formula is C24H27N3OS2. The van der Waals surface area contributed by atoms with Crippen molar-refractivity contribution in [2.75, 3.05) is 13.1 Å². The van der Waals surface area contributed by atoms with Gasteiger partial charge in [0.2, 0.25) is 5.91 Å². The van der Waals surface area contributed by atoms with Crippen molar-refractivity contribution in [1.82, 2.24) is 15.2 Å². The van der Waals surface area contributed by atoms with Gasteiger partial charge in [-0.15, -0.1) is 22.7 Å². The van der Waals surface area contributed by atoms with Crippen LogP contribution < -0.4 is 5.32 Å². The summed E-state index contributed by atoms with van der Waals surface area (Å²) < 4.78 is 1.35. The molecule has 3 saturated heterocycles. The quantitative estimate of drug-likeness (QED) is 0.583. The summed E-state index contributed by atoms with van der Waals surface area (Å²) >= 11 is 3.58. The standard InChI is InChI=1S/C24H27N3OS2/c1-15-14-29-24-22(15)16(2)20(30-24)5-6-21(28)26-23-18-7-10-27(11-8-18)19(23)12-17-4-3-9-25-13-17/h3-6,9,13-14,18-19,23H,7-8,10-12H2,1-2H3,(H,26,28)/b6-5+. The van der Waals surface area contributed by atoms with Gasteiger partial charge in [-0.2, -0.15) is 0 Å². The number of aromatic nitrogens is 1. The average Bonchev–Trinajstić information content (AvgIpc) is 3.29. The Balaban J connectivity index is 1.31. The number of fused-ring (bicyclic) bond motifs is 4. The summed E-state index contributed by atoms with van der Waals surface area (Å²) in [4.78, 5) is 20.9. The van der Waals surface area contributed by atoms with Crippen molar-refractivity contribution < 1.29 is 4.79 Å². The fourth-order valence-electron chi connectivity index (χ4n) is 5.15. The first kappa shape index (κ1) is 19.9. The highest BCUT2D eigenvalue weighted by molar-refractivity contribution is 7.38. The molecule has 3 aromatic rings. The highest BCUT2D eigenvalue weighted by Crippen LogP contribution is 2.38. The van der Waals surface area contributed by atoms with E-state index >= 15 is 0 Å². The average molecular weight is 438 g/mol. The van der Waals surface area contributed by atoms with Gasteiger partial charge in [0.25, 0.3) is 0 Å². The van der Waals surface area contributed by atoms with Crippen LogP contribution >= 0.6 is 22.7 Å². The molecule has 2 bridgehead atoms. The van der Waals surface area contributed by atoms with Crippen LogP contribution in [0.3, 0.4) is 0 Å². The lowest BCUT2D eigenvalue weighted by molar-refractivity contribution is -0.119. The zero-order valence-corrected chi connectivity index (χ0v) is 19.1. The van der Waals surface area contributed by atoms with E-state index in [0.29, 0.717) is 12.0 Å². The number of amides is 1. The molecule has 3 aliphatic heterocycles. The predicted octanol–water partition coefficient (Wildman–Crippen LogP) is 4.81. The zero-order valence-electron chi connectivity index (χ0n) is 17.4. The highest BCUT2D eigenvalue weighted by Gasteiger charge is 2.42. The summed E-state index contributed by atoms with van der Waals surface area (Å²) in [7, 11) is 0. The van der Waals surface area contributed by atoms with Crippen LogP contribution in [-0.2, 0) is 11.2 Å². The molecule has 3 aromatic heterocycles. The Morgan fingerprint density at radius 1 is 1.33 bits per heavy atom. The lowest BCUT2D eigenvalue weighted by atomic mass is 9.77. The molecule has 0 aliphatic carbocycles. The van der Waals surface area contributed by atoms with E-state index in [0.717, 1.165) is 19.5 Å². The second-order valence-corrected chi connectivity index (χ2v) is 10.7. The molecule has 0 saturated carbocycles. The van der Waals surface area contributed by atoms with E-state index < -0.39 is 0 Å². The normalized spacial score (nSPS) is 25.9. The van der Waals surface area contributed by atoms with Gasteiger partial charge in [0, 0.05) is 40.8 Å². The van der Waals surface area contributed by atoms with E-state index in [4.69, 9.17) is 0 Å². The molecule has 3 aliphatic rings. The Labute approximate surface area is 185 Å². The number of hydrogen-bond donors (Lipinski definition) is 1. The Morgan fingerprint density at radius 3 is 2.90 bits per heavy atom. The largest absolute Gasteiger partial charge is 0.348 e. The second kappa shape index (κ2) is 8.25. The third-order valence-corrected chi connectivity index (χ3v) is 9.20. The fourth-order valence-corrected chi connectivity index (χ4v) is 7.60. The molecule has 2 atom stereocenters. The van der Waals surface area contributed by atoms with Gasteiger partial charge >= 0.3 is 0 Å². The molecule has 1 N–H and O–H groups in total. The first-order valence-electron chi connectivity index (χ1n) is 10.7. The number of hydrogen-bond acceptors (Lipinski definition) is 5. The van der Waals surface area contributed by atoms with Crippen LogP contribution in [0.15, 0.2) is 36.0 Å². The van der Waals surface area contributed by atoms with Crippen LogP contribution in [0, 0.1) is 19.8 Å². The van der Waals surface area contributed by atoms with Crippen molar-refractivity contribution in [1.29, 1.82) is 0 Å².